The molecule has 0 spiro atoms. The Balaban J connectivity index is 0. The molecular formula is C6H10BO. The molecule has 0 aliphatic carbocycles. The molecule has 0 aromatic rings. The maximum absolute atomic E-state index is 4.90. The third-order valence-corrected chi connectivity index (χ3v) is 0.471. The standard InChI is InChI=1S/C6H10O.B/c1-3-5-7-6-4-2;/h3-4H,1-2,5-6H2;. The average Bonchev–Trinajstić information content (AvgIpc) is 1.69. The van der Waals surface area contributed by atoms with Crippen LogP contribution in [0.3, 0.4) is 0 Å². The SMILES string of the molecule is C=CCOCC=C.[B]. The molecule has 8 heavy (non-hydrogen) atoms. The van der Waals surface area contributed by atoms with Gasteiger partial charge in [-0.1, -0.05) is 12.2 Å². The summed E-state index contributed by atoms with van der Waals surface area (Å²) in [5.74, 6) is 0. The quantitative estimate of drug-likeness (QED) is 0.297. The highest BCUT2D eigenvalue weighted by molar-refractivity contribution is 5.75. The average molecular weight is 109 g/mol. The van der Waals surface area contributed by atoms with E-state index in [2.05, 4.69) is 13.2 Å². The first-order chi connectivity index (χ1) is 3.41. The van der Waals surface area contributed by atoms with Crippen LogP contribution in [0.5, 0.6) is 0 Å². The molecule has 0 heterocycles. The van der Waals surface area contributed by atoms with Gasteiger partial charge in [0.05, 0.1) is 13.2 Å². The summed E-state index contributed by atoms with van der Waals surface area (Å²) >= 11 is 0. The van der Waals surface area contributed by atoms with Crippen molar-refractivity contribution in [2.75, 3.05) is 13.2 Å². The third-order valence-electron chi connectivity index (χ3n) is 0.471. The van der Waals surface area contributed by atoms with Crippen LogP contribution in [-0.2, 0) is 4.74 Å². The van der Waals surface area contributed by atoms with Crippen LogP contribution in [0.15, 0.2) is 25.3 Å². The van der Waals surface area contributed by atoms with Gasteiger partial charge in [-0.2, -0.15) is 0 Å². The second-order valence-corrected chi connectivity index (χ2v) is 1.11. The highest BCUT2D eigenvalue weighted by Crippen LogP contribution is 1.72. The zero-order valence-corrected chi connectivity index (χ0v) is 4.97. The molecular weight excluding hydrogens is 98.9 g/mol. The Labute approximate surface area is 52.6 Å². The Bertz CT molecular complexity index is 53.5. The van der Waals surface area contributed by atoms with Gasteiger partial charge in [0, 0.05) is 8.41 Å². The molecule has 0 aromatic heterocycles. The number of hydrogen-bond donors (Lipinski definition) is 0. The molecule has 2 heteroatoms. The summed E-state index contributed by atoms with van der Waals surface area (Å²) in [4.78, 5) is 0. The van der Waals surface area contributed by atoms with Gasteiger partial charge in [0.1, 0.15) is 0 Å². The van der Waals surface area contributed by atoms with Crippen molar-refractivity contribution in [2.45, 2.75) is 0 Å². The Kier molecular flexibility index (Phi) is 12.7. The van der Waals surface area contributed by atoms with Crippen molar-refractivity contribution in [3.63, 3.8) is 0 Å². The van der Waals surface area contributed by atoms with Crippen molar-refractivity contribution in [3.8, 4) is 0 Å². The minimum Gasteiger partial charge on any atom is -0.373 e. The van der Waals surface area contributed by atoms with Crippen LogP contribution in [0.25, 0.3) is 0 Å². The molecule has 0 atom stereocenters. The van der Waals surface area contributed by atoms with E-state index in [1.807, 2.05) is 0 Å². The van der Waals surface area contributed by atoms with Crippen LogP contribution in [-0.4, -0.2) is 21.6 Å². The molecule has 0 amide bonds. The summed E-state index contributed by atoms with van der Waals surface area (Å²) in [5, 5.41) is 0. The lowest BCUT2D eigenvalue weighted by molar-refractivity contribution is 0.194. The Morgan fingerprint density at radius 1 is 1.12 bits per heavy atom. The lowest BCUT2D eigenvalue weighted by Crippen LogP contribution is -1.87. The van der Waals surface area contributed by atoms with E-state index in [-0.39, 0.29) is 8.41 Å². The summed E-state index contributed by atoms with van der Waals surface area (Å²) in [6.07, 6.45) is 3.42. The van der Waals surface area contributed by atoms with Crippen LogP contribution >= 0.6 is 0 Å². The lowest BCUT2D eigenvalue weighted by atomic mass is 10.6. The molecule has 3 radical (unpaired) electrons. The van der Waals surface area contributed by atoms with Crippen molar-refractivity contribution in [1.29, 1.82) is 0 Å². The molecule has 0 aliphatic rings. The summed E-state index contributed by atoms with van der Waals surface area (Å²) in [7, 11) is 0. The largest absolute Gasteiger partial charge is 0.373 e. The Morgan fingerprint density at radius 3 is 1.75 bits per heavy atom. The van der Waals surface area contributed by atoms with E-state index in [4.69, 9.17) is 4.74 Å². The first-order valence-electron chi connectivity index (χ1n) is 2.21. The fraction of sp³-hybridized carbons (Fsp3) is 0.333. The first kappa shape index (κ1) is 10.5. The van der Waals surface area contributed by atoms with Gasteiger partial charge in [-0.25, -0.2) is 0 Å². The van der Waals surface area contributed by atoms with Crippen molar-refractivity contribution in [1.82, 2.24) is 0 Å². The van der Waals surface area contributed by atoms with Gasteiger partial charge in [-0.15, -0.1) is 13.2 Å². The Hall–Kier alpha value is -0.495. The van der Waals surface area contributed by atoms with Crippen LogP contribution < -0.4 is 0 Å². The predicted molar refractivity (Wildman–Crippen MR) is 37.0 cm³/mol. The molecule has 0 unspecified atom stereocenters. The van der Waals surface area contributed by atoms with Crippen LogP contribution in [0.2, 0.25) is 0 Å². The molecule has 0 saturated carbocycles. The summed E-state index contributed by atoms with van der Waals surface area (Å²) in [6.45, 7) is 8.18. The Morgan fingerprint density at radius 2 is 1.50 bits per heavy atom. The van der Waals surface area contributed by atoms with Gasteiger partial charge in [-0.3, -0.25) is 0 Å². The normalized spacial score (nSPS) is 7.00. The second kappa shape index (κ2) is 9.71. The molecule has 0 bridgehead atoms. The van der Waals surface area contributed by atoms with Crippen molar-refractivity contribution in [2.24, 2.45) is 0 Å². The van der Waals surface area contributed by atoms with Gasteiger partial charge < -0.3 is 4.74 Å². The molecule has 1 nitrogen and oxygen atoms in total. The molecule has 0 fully saturated rings. The van der Waals surface area contributed by atoms with Gasteiger partial charge in [0.2, 0.25) is 0 Å². The maximum atomic E-state index is 4.90. The van der Waals surface area contributed by atoms with Gasteiger partial charge in [0.15, 0.2) is 0 Å². The molecule has 0 aromatic carbocycles. The molecule has 0 saturated heterocycles. The zero-order chi connectivity index (χ0) is 5.54. The van der Waals surface area contributed by atoms with E-state index in [0.29, 0.717) is 13.2 Å². The minimum absolute atomic E-state index is 0. The van der Waals surface area contributed by atoms with Crippen molar-refractivity contribution < 1.29 is 4.74 Å². The molecule has 0 N–H and O–H groups in total. The summed E-state index contributed by atoms with van der Waals surface area (Å²) in [6, 6.07) is 0. The molecule has 0 aliphatic heterocycles. The highest BCUT2D eigenvalue weighted by atomic mass is 16.5. The van der Waals surface area contributed by atoms with Crippen molar-refractivity contribution >= 4 is 8.41 Å². The molecule has 43 valence electrons. The van der Waals surface area contributed by atoms with Gasteiger partial charge >= 0.3 is 0 Å². The van der Waals surface area contributed by atoms with E-state index in [1.165, 1.54) is 0 Å². The number of rotatable bonds is 4. The number of hydrogen-bond acceptors (Lipinski definition) is 1. The fourth-order valence-corrected chi connectivity index (χ4v) is 0.235. The lowest BCUT2D eigenvalue weighted by Gasteiger charge is -1.89. The molecule has 0 rings (SSSR count). The maximum Gasteiger partial charge on any atom is 0.0649 e. The first-order valence-corrected chi connectivity index (χ1v) is 2.21. The van der Waals surface area contributed by atoms with Crippen LogP contribution in [0, 0.1) is 0 Å². The van der Waals surface area contributed by atoms with E-state index in [0.717, 1.165) is 0 Å². The van der Waals surface area contributed by atoms with Crippen LogP contribution in [0.1, 0.15) is 0 Å². The number of ether oxygens (including phenoxy) is 1. The predicted octanol–water partition coefficient (Wildman–Crippen LogP) is 0.994. The van der Waals surface area contributed by atoms with E-state index in [9.17, 15) is 0 Å². The van der Waals surface area contributed by atoms with E-state index >= 15 is 0 Å². The zero-order valence-electron chi connectivity index (χ0n) is 4.97. The minimum atomic E-state index is 0. The topological polar surface area (TPSA) is 9.23 Å². The third kappa shape index (κ3) is 9.09. The van der Waals surface area contributed by atoms with E-state index in [1.54, 1.807) is 12.2 Å². The fourth-order valence-electron chi connectivity index (χ4n) is 0.235. The van der Waals surface area contributed by atoms with Crippen molar-refractivity contribution in [3.05, 3.63) is 25.3 Å². The summed E-state index contributed by atoms with van der Waals surface area (Å²) < 4.78 is 4.90. The van der Waals surface area contributed by atoms with Gasteiger partial charge in [0.25, 0.3) is 0 Å². The summed E-state index contributed by atoms with van der Waals surface area (Å²) in [5.41, 5.74) is 0. The second-order valence-electron chi connectivity index (χ2n) is 1.11. The highest BCUT2D eigenvalue weighted by Gasteiger charge is 1.70. The van der Waals surface area contributed by atoms with Gasteiger partial charge in [-0.05, 0) is 0 Å². The smallest absolute Gasteiger partial charge is 0.0649 e. The van der Waals surface area contributed by atoms with E-state index < -0.39 is 0 Å². The monoisotopic (exact) mass is 109 g/mol. The van der Waals surface area contributed by atoms with Crippen LogP contribution in [0.4, 0.5) is 0 Å².